The van der Waals surface area contributed by atoms with Crippen LogP contribution in [0.3, 0.4) is 0 Å². The van der Waals surface area contributed by atoms with E-state index in [0.29, 0.717) is 84.1 Å². The summed E-state index contributed by atoms with van der Waals surface area (Å²) in [6.07, 6.45) is -10.2. The van der Waals surface area contributed by atoms with Crippen LogP contribution in [0.5, 0.6) is 0 Å². The van der Waals surface area contributed by atoms with Gasteiger partial charge in [0.05, 0.1) is 81.5 Å². The van der Waals surface area contributed by atoms with Crippen LogP contribution in [0, 0.1) is 47.1 Å². The number of para-hydroxylation sites is 2. The van der Waals surface area contributed by atoms with Gasteiger partial charge >= 0.3 is 12.4 Å². The van der Waals surface area contributed by atoms with Crippen molar-refractivity contribution < 1.29 is 26.3 Å². The molecule has 11 aromatic rings. The monoisotopic (exact) mass is 973 g/mol. The standard InChI is InChI=1S/C61H29F6N7/c1-71-44-23-36(33-69)21-41(26-44)38-13-19-56-51(28-38)47-7-3-5-9-54(47)73(56)58-25-35(32-68)11-16-49(58)50-17-12-40(46-18-15-43(60(62,63)64)31-53(46)61(65,66)67)30-59(50)74-55-10-6-4-8-48(55)52-29-39(14-20-57(52)74)42-22-37(34-70)24-45(27-42)72-2/h3-31H. The molecule has 0 aliphatic carbocycles. The summed E-state index contributed by atoms with van der Waals surface area (Å²) in [5.41, 5.74) is 5.42. The van der Waals surface area contributed by atoms with Crippen molar-refractivity contribution in [3.8, 4) is 74.1 Å². The number of nitrogens with zero attached hydrogens (tertiary/aromatic N) is 7. The third-order valence-corrected chi connectivity index (χ3v) is 13.2. The highest BCUT2D eigenvalue weighted by atomic mass is 19.4. The number of aromatic nitrogens is 2. The van der Waals surface area contributed by atoms with Crippen LogP contribution in [0.2, 0.25) is 0 Å². The van der Waals surface area contributed by atoms with E-state index in [0.717, 1.165) is 38.8 Å². The molecule has 0 fully saturated rings. The van der Waals surface area contributed by atoms with Gasteiger partial charge in [-0.1, -0.05) is 72.8 Å². The van der Waals surface area contributed by atoms with Gasteiger partial charge in [0.25, 0.3) is 0 Å². The summed E-state index contributed by atoms with van der Waals surface area (Å²) in [5.74, 6) is 0. The average Bonchev–Trinajstić information content (AvgIpc) is 3.94. The highest BCUT2D eigenvalue weighted by Crippen LogP contribution is 2.46. The molecule has 13 heteroatoms. The highest BCUT2D eigenvalue weighted by Gasteiger charge is 2.38. The van der Waals surface area contributed by atoms with Gasteiger partial charge in [0.1, 0.15) is 0 Å². The molecule has 0 N–H and O–H groups in total. The molecule has 0 atom stereocenters. The number of hydrogen-bond acceptors (Lipinski definition) is 3. The number of fused-ring (bicyclic) bond motifs is 6. The molecule has 7 nitrogen and oxygen atoms in total. The Balaban J connectivity index is 1.21. The first-order valence-corrected chi connectivity index (χ1v) is 22.6. The van der Waals surface area contributed by atoms with E-state index in [1.54, 1.807) is 48.5 Å². The maximum atomic E-state index is 15.0. The lowest BCUT2D eigenvalue weighted by molar-refractivity contribution is -0.142. The van der Waals surface area contributed by atoms with Gasteiger partial charge in [0.15, 0.2) is 11.4 Å². The number of rotatable bonds is 6. The van der Waals surface area contributed by atoms with Gasteiger partial charge in [0, 0.05) is 43.8 Å². The molecular weight excluding hydrogens is 945 g/mol. The lowest BCUT2D eigenvalue weighted by Crippen LogP contribution is -2.12. The van der Waals surface area contributed by atoms with Gasteiger partial charge in [-0.25, -0.2) is 9.69 Å². The second-order valence-electron chi connectivity index (χ2n) is 17.5. The first kappa shape index (κ1) is 46.0. The predicted molar refractivity (Wildman–Crippen MR) is 274 cm³/mol. The molecule has 0 aliphatic heterocycles. The topological polar surface area (TPSA) is 90.0 Å². The van der Waals surface area contributed by atoms with Crippen molar-refractivity contribution in [1.29, 1.82) is 15.8 Å². The second kappa shape index (κ2) is 17.5. The number of alkyl halides is 6. The largest absolute Gasteiger partial charge is 0.417 e. The second-order valence-corrected chi connectivity index (χ2v) is 17.5. The van der Waals surface area contributed by atoms with E-state index >= 15 is 0 Å². The molecule has 0 unspecified atom stereocenters. The number of hydrogen-bond donors (Lipinski definition) is 0. The van der Waals surface area contributed by atoms with Crippen LogP contribution >= 0.6 is 0 Å². The quantitative estimate of drug-likeness (QED) is 0.123. The van der Waals surface area contributed by atoms with E-state index in [9.17, 15) is 42.1 Å². The van der Waals surface area contributed by atoms with E-state index < -0.39 is 29.0 Å². The lowest BCUT2D eigenvalue weighted by Gasteiger charge is -2.21. The van der Waals surface area contributed by atoms with Crippen molar-refractivity contribution in [3.63, 3.8) is 0 Å². The van der Waals surface area contributed by atoms with Gasteiger partial charge in [-0.05, 0) is 137 Å². The molecule has 0 saturated carbocycles. The van der Waals surface area contributed by atoms with E-state index in [4.69, 9.17) is 13.1 Å². The zero-order valence-electron chi connectivity index (χ0n) is 38.1. The fourth-order valence-corrected chi connectivity index (χ4v) is 9.97. The Morgan fingerprint density at radius 1 is 0.378 bits per heavy atom. The minimum atomic E-state index is -5.18. The molecule has 0 radical (unpaired) electrons. The Labute approximate surface area is 417 Å². The minimum Gasteiger partial charge on any atom is -0.309 e. The van der Waals surface area contributed by atoms with E-state index in [1.165, 1.54) is 24.3 Å². The first-order valence-electron chi connectivity index (χ1n) is 22.6. The third kappa shape index (κ3) is 7.78. The summed E-state index contributed by atoms with van der Waals surface area (Å²) >= 11 is 0. The van der Waals surface area contributed by atoms with Crippen molar-refractivity contribution in [3.05, 3.63) is 227 Å². The fourth-order valence-electron chi connectivity index (χ4n) is 9.97. The van der Waals surface area contributed by atoms with Crippen molar-refractivity contribution in [2.75, 3.05) is 0 Å². The van der Waals surface area contributed by atoms with Crippen LogP contribution in [0.1, 0.15) is 27.8 Å². The molecule has 0 aliphatic rings. The van der Waals surface area contributed by atoms with Gasteiger partial charge in [-0.2, -0.15) is 42.1 Å². The summed E-state index contributed by atoms with van der Waals surface area (Å²) in [4.78, 5) is 7.13. The first-order chi connectivity index (χ1) is 35.7. The number of halogens is 6. The van der Waals surface area contributed by atoms with Crippen LogP contribution in [-0.2, 0) is 12.4 Å². The zero-order valence-corrected chi connectivity index (χ0v) is 38.1. The molecule has 11 rings (SSSR count). The maximum Gasteiger partial charge on any atom is 0.417 e. The Morgan fingerprint density at radius 2 is 0.838 bits per heavy atom. The third-order valence-electron chi connectivity index (χ3n) is 13.2. The van der Waals surface area contributed by atoms with E-state index in [-0.39, 0.29) is 17.3 Å². The lowest BCUT2D eigenvalue weighted by atomic mass is 9.92. The van der Waals surface area contributed by atoms with Gasteiger partial charge in [0.2, 0.25) is 0 Å². The molecule has 350 valence electrons. The average molecular weight is 974 g/mol. The number of nitriles is 3. The van der Waals surface area contributed by atoms with Crippen LogP contribution < -0.4 is 0 Å². The fraction of sp³-hybridized carbons (Fsp3) is 0.0328. The van der Waals surface area contributed by atoms with Crippen LogP contribution in [-0.4, -0.2) is 9.13 Å². The Bertz CT molecular complexity index is 4360. The van der Waals surface area contributed by atoms with Crippen LogP contribution in [0.25, 0.3) is 109 Å². The van der Waals surface area contributed by atoms with E-state index in [1.807, 2.05) is 94.1 Å². The molecule has 9 aromatic carbocycles. The normalized spacial score (nSPS) is 11.6. The maximum absolute atomic E-state index is 15.0. The molecule has 0 spiro atoms. The smallest absolute Gasteiger partial charge is 0.309 e. The van der Waals surface area contributed by atoms with Crippen molar-refractivity contribution >= 4 is 55.0 Å². The van der Waals surface area contributed by atoms with Crippen molar-refractivity contribution in [2.24, 2.45) is 0 Å². The molecule has 0 amide bonds. The molecule has 2 aromatic heterocycles. The summed E-state index contributed by atoms with van der Waals surface area (Å²) in [6.45, 7) is 15.3. The van der Waals surface area contributed by atoms with Crippen LogP contribution in [0.4, 0.5) is 37.7 Å². The molecule has 0 saturated heterocycles. The highest BCUT2D eigenvalue weighted by molar-refractivity contribution is 6.13. The minimum absolute atomic E-state index is 0.0197. The summed E-state index contributed by atoms with van der Waals surface area (Å²) in [5, 5.41) is 33.1. The van der Waals surface area contributed by atoms with Gasteiger partial charge in [-0.3, -0.25) is 0 Å². The van der Waals surface area contributed by atoms with Gasteiger partial charge in [-0.15, -0.1) is 0 Å². The Morgan fingerprint density at radius 3 is 1.32 bits per heavy atom. The van der Waals surface area contributed by atoms with Crippen molar-refractivity contribution in [1.82, 2.24) is 9.13 Å². The predicted octanol–water partition coefficient (Wildman–Crippen LogP) is 17.3. The summed E-state index contributed by atoms with van der Waals surface area (Å²) in [6, 6.07) is 54.1. The number of benzene rings is 9. The molecule has 74 heavy (non-hydrogen) atoms. The summed E-state index contributed by atoms with van der Waals surface area (Å²) < 4.78 is 90.8. The Kier molecular flexibility index (Phi) is 10.9. The van der Waals surface area contributed by atoms with E-state index in [2.05, 4.69) is 27.9 Å². The van der Waals surface area contributed by atoms with Gasteiger partial charge < -0.3 is 9.13 Å². The zero-order chi connectivity index (χ0) is 51.6. The van der Waals surface area contributed by atoms with Crippen molar-refractivity contribution in [2.45, 2.75) is 12.4 Å². The Hall–Kier alpha value is -10.4. The summed E-state index contributed by atoms with van der Waals surface area (Å²) in [7, 11) is 0. The molecular formula is C61H29F6N7. The van der Waals surface area contributed by atoms with Crippen LogP contribution in [0.15, 0.2) is 176 Å². The molecule has 0 bridgehead atoms. The SMILES string of the molecule is [C-]#[N+]c1cc(C#N)cc(-c2ccc3c(c2)c2ccccc2n3-c2cc(C#N)ccc2-c2ccc(-c3ccc(C(F)(F)F)cc3C(F)(F)F)cc2-n2c3ccccc3c3cc(-c4cc(C#N)cc([N+]#[C-])c4)ccc32)c1. The molecule has 2 heterocycles.